The average molecular weight is 270 g/mol. The minimum atomic E-state index is -0.871. The summed E-state index contributed by atoms with van der Waals surface area (Å²) >= 11 is 0. The molecule has 2 N–H and O–H groups in total. The van der Waals surface area contributed by atoms with Crippen LogP contribution in [-0.2, 0) is 11.2 Å². The Bertz CT molecular complexity index is 649. The zero-order valence-electron chi connectivity index (χ0n) is 10.7. The van der Waals surface area contributed by atoms with E-state index in [1.165, 1.54) is 0 Å². The third-order valence-corrected chi connectivity index (χ3v) is 3.57. The van der Waals surface area contributed by atoms with Crippen molar-refractivity contribution in [2.24, 2.45) is 5.92 Å². The Morgan fingerprint density at radius 1 is 1.20 bits per heavy atom. The van der Waals surface area contributed by atoms with Crippen LogP contribution >= 0.6 is 0 Å². The number of nitrogens with zero attached hydrogens (tertiary/aromatic N) is 1. The lowest BCUT2D eigenvalue weighted by atomic mass is 9.92. The third kappa shape index (κ3) is 2.07. The Morgan fingerprint density at radius 3 is 2.70 bits per heavy atom. The molecular formula is C15H14N2O3. The molecule has 2 heterocycles. The monoisotopic (exact) mass is 270 g/mol. The van der Waals surface area contributed by atoms with Gasteiger partial charge in [0.2, 0.25) is 0 Å². The van der Waals surface area contributed by atoms with Gasteiger partial charge in [0.25, 0.3) is 5.91 Å². The van der Waals surface area contributed by atoms with Crippen molar-refractivity contribution in [1.29, 1.82) is 0 Å². The molecule has 1 aliphatic rings. The number of aromatic nitrogens is 1. The number of carbonyl (C=O) groups is 2. The Labute approximate surface area is 115 Å². The molecule has 1 amide bonds. The molecule has 0 aliphatic carbocycles. The number of nitrogens with one attached hydrogen (secondary N) is 1. The van der Waals surface area contributed by atoms with E-state index in [1.54, 1.807) is 23.2 Å². The Balaban J connectivity index is 2.01. The number of fused-ring (bicyclic) bond motifs is 1. The molecule has 5 nitrogen and oxygen atoms in total. The van der Waals surface area contributed by atoms with Gasteiger partial charge in [0.1, 0.15) is 5.69 Å². The first kappa shape index (κ1) is 12.5. The molecule has 102 valence electrons. The van der Waals surface area contributed by atoms with Crippen LogP contribution in [0.3, 0.4) is 0 Å². The van der Waals surface area contributed by atoms with Gasteiger partial charge in [0.05, 0.1) is 5.92 Å². The molecule has 5 heteroatoms. The van der Waals surface area contributed by atoms with Crippen LogP contribution in [0.1, 0.15) is 16.1 Å². The number of carboxylic acid groups (broad SMARTS) is 1. The zero-order valence-corrected chi connectivity index (χ0v) is 10.7. The van der Waals surface area contributed by atoms with Crippen molar-refractivity contribution in [1.82, 2.24) is 4.98 Å². The standard InChI is InChI=1S/C15H14N2O3/c18-14(12-5-3-7-16-12)17-9-11(15(19)20)8-10-4-1-2-6-13(10)17/h1-7,11,16H,8-9H2,(H,19,20). The highest BCUT2D eigenvalue weighted by Crippen LogP contribution is 2.30. The average Bonchev–Trinajstić information content (AvgIpc) is 2.99. The van der Waals surface area contributed by atoms with E-state index >= 15 is 0 Å². The number of carboxylic acids is 1. The predicted molar refractivity (Wildman–Crippen MR) is 73.7 cm³/mol. The van der Waals surface area contributed by atoms with Crippen molar-refractivity contribution >= 4 is 17.6 Å². The Morgan fingerprint density at radius 2 is 2.00 bits per heavy atom. The van der Waals surface area contributed by atoms with Crippen LogP contribution in [0, 0.1) is 5.92 Å². The van der Waals surface area contributed by atoms with Gasteiger partial charge in [-0.15, -0.1) is 0 Å². The normalized spacial score (nSPS) is 17.6. The highest BCUT2D eigenvalue weighted by molar-refractivity contribution is 6.06. The van der Waals surface area contributed by atoms with E-state index in [9.17, 15) is 14.7 Å². The molecular weight excluding hydrogens is 256 g/mol. The number of anilines is 1. The maximum Gasteiger partial charge on any atom is 0.308 e. The van der Waals surface area contributed by atoms with E-state index in [2.05, 4.69) is 4.98 Å². The SMILES string of the molecule is O=C(O)C1Cc2ccccc2N(C(=O)c2ccc[nH]2)C1. The predicted octanol–water partition coefficient (Wildman–Crippen LogP) is 1.92. The summed E-state index contributed by atoms with van der Waals surface area (Å²) in [5, 5.41) is 9.25. The number of benzene rings is 1. The van der Waals surface area contributed by atoms with Gasteiger partial charge in [-0.05, 0) is 30.2 Å². The van der Waals surface area contributed by atoms with E-state index in [0.717, 1.165) is 11.3 Å². The van der Waals surface area contributed by atoms with Crippen molar-refractivity contribution in [3.63, 3.8) is 0 Å². The topological polar surface area (TPSA) is 73.4 Å². The van der Waals surface area contributed by atoms with E-state index < -0.39 is 11.9 Å². The van der Waals surface area contributed by atoms with Gasteiger partial charge in [0, 0.05) is 18.4 Å². The number of aromatic amines is 1. The summed E-state index contributed by atoms with van der Waals surface area (Å²) in [6, 6.07) is 10.9. The van der Waals surface area contributed by atoms with Gasteiger partial charge in [-0.2, -0.15) is 0 Å². The lowest BCUT2D eigenvalue weighted by Gasteiger charge is -2.32. The number of amides is 1. The molecule has 1 aromatic carbocycles. The quantitative estimate of drug-likeness (QED) is 0.875. The second kappa shape index (κ2) is 4.85. The molecule has 0 bridgehead atoms. The number of hydrogen-bond donors (Lipinski definition) is 2. The molecule has 20 heavy (non-hydrogen) atoms. The molecule has 0 saturated heterocycles. The zero-order chi connectivity index (χ0) is 14.1. The molecule has 1 atom stereocenters. The number of aliphatic carboxylic acids is 1. The molecule has 0 radical (unpaired) electrons. The smallest absolute Gasteiger partial charge is 0.308 e. The van der Waals surface area contributed by atoms with E-state index in [0.29, 0.717) is 12.1 Å². The maximum atomic E-state index is 12.5. The fourth-order valence-electron chi connectivity index (χ4n) is 2.56. The van der Waals surface area contributed by atoms with E-state index in [4.69, 9.17) is 0 Å². The number of para-hydroxylation sites is 1. The summed E-state index contributed by atoms with van der Waals surface area (Å²) in [5.41, 5.74) is 2.15. The first-order valence-electron chi connectivity index (χ1n) is 6.43. The summed E-state index contributed by atoms with van der Waals surface area (Å²) in [6.07, 6.45) is 2.14. The van der Waals surface area contributed by atoms with Gasteiger partial charge in [0.15, 0.2) is 0 Å². The minimum Gasteiger partial charge on any atom is -0.481 e. The summed E-state index contributed by atoms with van der Waals surface area (Å²) in [7, 11) is 0. The Kier molecular flexibility index (Phi) is 3.02. The first-order chi connectivity index (χ1) is 9.66. The molecule has 0 spiro atoms. The second-order valence-corrected chi connectivity index (χ2v) is 4.87. The molecule has 0 saturated carbocycles. The number of carbonyl (C=O) groups excluding carboxylic acids is 1. The lowest BCUT2D eigenvalue weighted by Crippen LogP contribution is -2.42. The Hall–Kier alpha value is -2.56. The first-order valence-corrected chi connectivity index (χ1v) is 6.43. The van der Waals surface area contributed by atoms with Crippen molar-refractivity contribution < 1.29 is 14.7 Å². The van der Waals surface area contributed by atoms with Crippen LogP contribution < -0.4 is 4.90 Å². The summed E-state index contributed by atoms with van der Waals surface area (Å²) in [5.74, 6) is -1.64. The number of rotatable bonds is 2. The van der Waals surface area contributed by atoms with Gasteiger partial charge >= 0.3 is 5.97 Å². The summed E-state index contributed by atoms with van der Waals surface area (Å²) < 4.78 is 0. The van der Waals surface area contributed by atoms with Crippen LogP contribution in [0.4, 0.5) is 5.69 Å². The third-order valence-electron chi connectivity index (χ3n) is 3.57. The van der Waals surface area contributed by atoms with Crippen LogP contribution in [0.2, 0.25) is 0 Å². The molecule has 1 aliphatic heterocycles. The van der Waals surface area contributed by atoms with E-state index in [-0.39, 0.29) is 12.5 Å². The highest BCUT2D eigenvalue weighted by Gasteiger charge is 2.32. The van der Waals surface area contributed by atoms with Crippen molar-refractivity contribution in [2.75, 3.05) is 11.4 Å². The fourth-order valence-corrected chi connectivity index (χ4v) is 2.56. The second-order valence-electron chi connectivity index (χ2n) is 4.87. The van der Waals surface area contributed by atoms with Crippen LogP contribution in [-0.4, -0.2) is 28.5 Å². The largest absolute Gasteiger partial charge is 0.481 e. The maximum absolute atomic E-state index is 12.5. The van der Waals surface area contributed by atoms with Crippen LogP contribution in [0.5, 0.6) is 0 Å². The molecule has 2 aromatic rings. The van der Waals surface area contributed by atoms with Gasteiger partial charge in [-0.1, -0.05) is 18.2 Å². The highest BCUT2D eigenvalue weighted by atomic mass is 16.4. The number of hydrogen-bond acceptors (Lipinski definition) is 2. The molecule has 0 fully saturated rings. The van der Waals surface area contributed by atoms with Crippen molar-refractivity contribution in [2.45, 2.75) is 6.42 Å². The molecule has 3 rings (SSSR count). The van der Waals surface area contributed by atoms with Crippen LogP contribution in [0.15, 0.2) is 42.6 Å². The van der Waals surface area contributed by atoms with Gasteiger partial charge < -0.3 is 15.0 Å². The van der Waals surface area contributed by atoms with Gasteiger partial charge in [-0.3, -0.25) is 9.59 Å². The molecule has 1 unspecified atom stereocenters. The van der Waals surface area contributed by atoms with E-state index in [1.807, 2.05) is 24.3 Å². The van der Waals surface area contributed by atoms with Crippen molar-refractivity contribution in [3.05, 3.63) is 53.9 Å². The lowest BCUT2D eigenvalue weighted by molar-refractivity contribution is -0.141. The van der Waals surface area contributed by atoms with Gasteiger partial charge in [-0.25, -0.2) is 0 Å². The van der Waals surface area contributed by atoms with Crippen molar-refractivity contribution in [3.8, 4) is 0 Å². The summed E-state index contributed by atoms with van der Waals surface area (Å²) in [6.45, 7) is 0.199. The summed E-state index contributed by atoms with van der Waals surface area (Å²) in [4.78, 5) is 28.2. The fraction of sp³-hybridized carbons (Fsp3) is 0.200. The van der Waals surface area contributed by atoms with Crippen LogP contribution in [0.25, 0.3) is 0 Å². The number of H-pyrrole nitrogens is 1. The molecule has 1 aromatic heterocycles. The minimum absolute atomic E-state index is 0.199.